The number of nitrogens with one attached hydrogen (secondary N) is 1. The van der Waals surface area contributed by atoms with Crippen LogP contribution in [0.25, 0.3) is 22.3 Å². The van der Waals surface area contributed by atoms with E-state index in [9.17, 15) is 17.6 Å². The van der Waals surface area contributed by atoms with Crippen LogP contribution in [0.15, 0.2) is 77.2 Å². The predicted octanol–water partition coefficient (Wildman–Crippen LogP) is 6.72. The molecule has 0 aliphatic rings. The molecular weight excluding hydrogens is 719 g/mol. The number of benzene rings is 2. The van der Waals surface area contributed by atoms with Gasteiger partial charge in [-0.3, -0.25) is 19.1 Å². The number of hydrogen-bond acceptors (Lipinski definition) is 7. The largest absolute Gasteiger partial charge is 0.485 e. The SMILES string of the molecule is CNC(=O)c1c(-c2ccc(F)cc2)oc2cc(N(Cc3cccc(CBr)n3)S(C)(=O)=O)c(OCc3cccc(CBr)n3)cc12. The minimum absolute atomic E-state index is 0.0201. The fourth-order valence-electron chi connectivity index (χ4n) is 4.63. The zero-order valence-corrected chi connectivity index (χ0v) is 27.7. The van der Waals surface area contributed by atoms with Crippen LogP contribution in [-0.2, 0) is 33.8 Å². The zero-order valence-electron chi connectivity index (χ0n) is 23.7. The molecule has 5 rings (SSSR count). The van der Waals surface area contributed by atoms with E-state index in [1.54, 1.807) is 24.3 Å². The molecule has 9 nitrogen and oxygen atoms in total. The van der Waals surface area contributed by atoms with E-state index in [1.807, 2.05) is 18.2 Å². The zero-order chi connectivity index (χ0) is 31.4. The van der Waals surface area contributed by atoms with Gasteiger partial charge in [-0.2, -0.15) is 0 Å². The number of alkyl halides is 2. The summed E-state index contributed by atoms with van der Waals surface area (Å²) in [5.41, 5.74) is 3.77. The lowest BCUT2D eigenvalue weighted by Crippen LogP contribution is -2.30. The Kier molecular flexibility index (Phi) is 9.66. The van der Waals surface area contributed by atoms with Gasteiger partial charge in [0.05, 0.1) is 46.8 Å². The summed E-state index contributed by atoms with van der Waals surface area (Å²) in [6.45, 7) is -0.0705. The number of rotatable bonds is 11. The number of halogens is 3. The molecular formula is C31H27Br2FN4O5S. The van der Waals surface area contributed by atoms with Crippen LogP contribution in [0.3, 0.4) is 0 Å². The topological polar surface area (TPSA) is 115 Å². The third-order valence-electron chi connectivity index (χ3n) is 6.68. The van der Waals surface area contributed by atoms with Gasteiger partial charge < -0.3 is 14.5 Å². The summed E-state index contributed by atoms with van der Waals surface area (Å²) in [5.74, 6) is -0.499. The summed E-state index contributed by atoms with van der Waals surface area (Å²) >= 11 is 6.80. The molecule has 5 aromatic rings. The lowest BCUT2D eigenvalue weighted by atomic mass is 10.0. The highest BCUT2D eigenvalue weighted by molar-refractivity contribution is 9.08. The molecule has 0 unspecified atom stereocenters. The fraction of sp³-hybridized carbons (Fsp3) is 0.194. The molecule has 0 atom stereocenters. The Morgan fingerprint density at radius 2 is 1.57 bits per heavy atom. The number of aromatic nitrogens is 2. The van der Waals surface area contributed by atoms with Crippen LogP contribution in [0.2, 0.25) is 0 Å². The molecule has 44 heavy (non-hydrogen) atoms. The van der Waals surface area contributed by atoms with E-state index in [4.69, 9.17) is 9.15 Å². The van der Waals surface area contributed by atoms with Crippen molar-refractivity contribution in [2.75, 3.05) is 17.6 Å². The van der Waals surface area contributed by atoms with Gasteiger partial charge in [0.1, 0.15) is 29.5 Å². The number of carbonyl (C=O) groups excluding carboxylic acids is 1. The molecule has 2 aromatic carbocycles. The molecule has 228 valence electrons. The average Bonchev–Trinajstić information content (AvgIpc) is 3.40. The van der Waals surface area contributed by atoms with Crippen molar-refractivity contribution in [3.05, 3.63) is 107 Å². The van der Waals surface area contributed by atoms with E-state index in [0.717, 1.165) is 17.6 Å². The Hall–Kier alpha value is -3.81. The summed E-state index contributed by atoms with van der Waals surface area (Å²) in [7, 11) is -2.40. The fourth-order valence-corrected chi connectivity index (χ4v) is 6.12. The maximum atomic E-state index is 13.7. The summed E-state index contributed by atoms with van der Waals surface area (Å²) in [4.78, 5) is 22.3. The van der Waals surface area contributed by atoms with E-state index in [-0.39, 0.29) is 41.5 Å². The van der Waals surface area contributed by atoms with E-state index >= 15 is 0 Å². The second-order valence-corrected chi connectivity index (χ2v) is 12.8. The number of anilines is 1. The molecule has 13 heteroatoms. The Balaban J connectivity index is 1.71. The predicted molar refractivity (Wildman–Crippen MR) is 174 cm³/mol. The Labute approximate surface area is 270 Å². The van der Waals surface area contributed by atoms with Gasteiger partial charge in [0.15, 0.2) is 0 Å². The Morgan fingerprint density at radius 1 is 0.955 bits per heavy atom. The molecule has 0 saturated heterocycles. The maximum absolute atomic E-state index is 13.7. The number of furan rings is 1. The normalized spacial score (nSPS) is 11.5. The van der Waals surface area contributed by atoms with Gasteiger partial charge in [0.25, 0.3) is 5.91 Å². The summed E-state index contributed by atoms with van der Waals surface area (Å²) in [6.07, 6.45) is 1.10. The standard InChI is InChI=1S/C31H27Br2FN4O5S/c1-35-31(39)29-25-13-28(42-18-24-8-4-6-22(16-33)37-24)26(14-27(25)43-30(29)19-9-11-20(34)12-10-19)38(44(2,40)41)17-23-7-3-5-21(15-32)36-23/h3-14H,15-18H2,1-2H3,(H,35,39). The Bertz CT molecular complexity index is 1930. The number of fused-ring (bicyclic) bond motifs is 1. The molecule has 0 radical (unpaired) electrons. The molecule has 0 bridgehead atoms. The average molecular weight is 746 g/mol. The van der Waals surface area contributed by atoms with Gasteiger partial charge in [-0.25, -0.2) is 12.8 Å². The first-order chi connectivity index (χ1) is 21.1. The minimum Gasteiger partial charge on any atom is -0.485 e. The molecule has 3 aromatic heterocycles. The van der Waals surface area contributed by atoms with Crippen LogP contribution in [-0.4, -0.2) is 37.6 Å². The van der Waals surface area contributed by atoms with Crippen molar-refractivity contribution in [2.24, 2.45) is 0 Å². The summed E-state index contributed by atoms with van der Waals surface area (Å²) in [6, 6.07) is 19.6. The number of nitrogens with zero attached hydrogens (tertiary/aromatic N) is 3. The van der Waals surface area contributed by atoms with Crippen LogP contribution >= 0.6 is 31.9 Å². The van der Waals surface area contributed by atoms with Crippen molar-refractivity contribution >= 4 is 64.4 Å². The third-order valence-corrected chi connectivity index (χ3v) is 8.96. The van der Waals surface area contributed by atoms with Crippen molar-refractivity contribution in [3.8, 4) is 17.1 Å². The van der Waals surface area contributed by atoms with Gasteiger partial charge >= 0.3 is 0 Å². The van der Waals surface area contributed by atoms with Crippen LogP contribution in [0, 0.1) is 5.82 Å². The molecule has 0 saturated carbocycles. The van der Waals surface area contributed by atoms with Gasteiger partial charge in [0, 0.05) is 34.7 Å². The summed E-state index contributed by atoms with van der Waals surface area (Å²) in [5, 5.41) is 4.07. The first-order valence-corrected chi connectivity index (χ1v) is 17.4. The lowest BCUT2D eigenvalue weighted by molar-refractivity contribution is 0.0964. The van der Waals surface area contributed by atoms with Crippen LogP contribution < -0.4 is 14.4 Å². The highest BCUT2D eigenvalue weighted by Crippen LogP contribution is 2.41. The smallest absolute Gasteiger partial charge is 0.255 e. The number of ether oxygens (including phenoxy) is 1. The molecule has 0 aliphatic heterocycles. The van der Waals surface area contributed by atoms with Crippen LogP contribution in [0.1, 0.15) is 33.1 Å². The van der Waals surface area contributed by atoms with Crippen molar-refractivity contribution in [3.63, 3.8) is 0 Å². The quantitative estimate of drug-likeness (QED) is 0.149. The Morgan fingerprint density at radius 3 is 2.18 bits per heavy atom. The number of sulfonamides is 1. The first-order valence-electron chi connectivity index (χ1n) is 13.3. The lowest BCUT2D eigenvalue weighted by Gasteiger charge is -2.25. The van der Waals surface area contributed by atoms with Crippen molar-refractivity contribution in [2.45, 2.75) is 23.8 Å². The number of amides is 1. The molecule has 0 fully saturated rings. The molecule has 1 amide bonds. The van der Waals surface area contributed by atoms with Gasteiger partial charge in [-0.1, -0.05) is 44.0 Å². The third kappa shape index (κ3) is 6.95. The van der Waals surface area contributed by atoms with Gasteiger partial charge in [-0.15, -0.1) is 0 Å². The van der Waals surface area contributed by atoms with E-state index in [1.165, 1.54) is 41.7 Å². The second kappa shape index (κ2) is 13.4. The molecule has 0 aliphatic carbocycles. The van der Waals surface area contributed by atoms with Crippen LogP contribution in [0.5, 0.6) is 5.75 Å². The van der Waals surface area contributed by atoms with Gasteiger partial charge in [0.2, 0.25) is 10.0 Å². The van der Waals surface area contributed by atoms with E-state index < -0.39 is 21.7 Å². The van der Waals surface area contributed by atoms with Crippen molar-refractivity contribution in [1.82, 2.24) is 15.3 Å². The first kappa shape index (κ1) is 31.6. The number of pyridine rings is 2. The molecule has 0 spiro atoms. The second-order valence-electron chi connectivity index (χ2n) is 9.77. The highest BCUT2D eigenvalue weighted by atomic mass is 79.9. The van der Waals surface area contributed by atoms with Gasteiger partial charge in [-0.05, 0) is 54.6 Å². The molecule has 3 heterocycles. The van der Waals surface area contributed by atoms with E-state index in [0.29, 0.717) is 33.0 Å². The maximum Gasteiger partial charge on any atom is 0.255 e. The van der Waals surface area contributed by atoms with E-state index in [2.05, 4.69) is 47.1 Å². The number of hydrogen-bond donors (Lipinski definition) is 1. The van der Waals surface area contributed by atoms with Crippen LogP contribution in [0.4, 0.5) is 10.1 Å². The van der Waals surface area contributed by atoms with Crippen molar-refractivity contribution in [1.29, 1.82) is 0 Å². The monoisotopic (exact) mass is 744 g/mol. The van der Waals surface area contributed by atoms with Crippen molar-refractivity contribution < 1.29 is 26.8 Å². The summed E-state index contributed by atoms with van der Waals surface area (Å²) < 4.78 is 54.0. The highest BCUT2D eigenvalue weighted by Gasteiger charge is 2.28. The number of carbonyl (C=O) groups is 1. The molecule has 1 N–H and O–H groups in total. The minimum atomic E-state index is -3.88.